The van der Waals surface area contributed by atoms with Gasteiger partial charge in [-0.3, -0.25) is 9.69 Å². The molecule has 94 valence electrons. The fourth-order valence-corrected chi connectivity index (χ4v) is 3.66. The lowest BCUT2D eigenvalue weighted by Crippen LogP contribution is -2.61. The standard InChI is InChI=1S/C14H17N3O/c18-14-13-7-10-9-3-1-2-4-11(9)16-12(10)8-17(13)6-5-15-14/h1-4,10,12-13,16H,5-8H2,(H,15,18). The highest BCUT2D eigenvalue weighted by atomic mass is 16.2. The van der Waals surface area contributed by atoms with Crippen molar-refractivity contribution in [2.45, 2.75) is 24.4 Å². The van der Waals surface area contributed by atoms with Crippen molar-refractivity contribution in [3.05, 3.63) is 29.8 Å². The van der Waals surface area contributed by atoms with E-state index in [2.05, 4.69) is 39.8 Å². The van der Waals surface area contributed by atoms with E-state index in [1.807, 2.05) is 0 Å². The molecule has 1 amide bonds. The van der Waals surface area contributed by atoms with Gasteiger partial charge in [0.1, 0.15) is 0 Å². The zero-order chi connectivity index (χ0) is 12.1. The first-order valence-corrected chi connectivity index (χ1v) is 6.70. The molecule has 2 saturated heterocycles. The van der Waals surface area contributed by atoms with E-state index in [9.17, 15) is 4.79 Å². The summed E-state index contributed by atoms with van der Waals surface area (Å²) in [4.78, 5) is 14.3. The molecule has 0 bridgehead atoms. The largest absolute Gasteiger partial charge is 0.380 e. The van der Waals surface area contributed by atoms with Gasteiger partial charge in [-0.25, -0.2) is 0 Å². The van der Waals surface area contributed by atoms with E-state index in [4.69, 9.17) is 0 Å². The Kier molecular flexibility index (Phi) is 2.14. The molecule has 0 saturated carbocycles. The Labute approximate surface area is 106 Å². The Balaban J connectivity index is 1.67. The molecule has 3 heterocycles. The molecule has 3 atom stereocenters. The fraction of sp³-hybridized carbons (Fsp3) is 0.500. The highest BCUT2D eigenvalue weighted by Crippen LogP contribution is 2.42. The highest BCUT2D eigenvalue weighted by Gasteiger charge is 2.44. The van der Waals surface area contributed by atoms with Crippen LogP contribution in [0.15, 0.2) is 24.3 Å². The molecule has 4 rings (SSSR count). The zero-order valence-electron chi connectivity index (χ0n) is 10.2. The summed E-state index contributed by atoms with van der Waals surface area (Å²) in [5.41, 5.74) is 2.65. The third kappa shape index (κ3) is 1.38. The van der Waals surface area contributed by atoms with Crippen LogP contribution in [0, 0.1) is 0 Å². The van der Waals surface area contributed by atoms with Gasteiger partial charge in [0.15, 0.2) is 0 Å². The Morgan fingerprint density at radius 1 is 1.28 bits per heavy atom. The van der Waals surface area contributed by atoms with Crippen LogP contribution in [0.3, 0.4) is 0 Å². The van der Waals surface area contributed by atoms with Gasteiger partial charge in [0.25, 0.3) is 0 Å². The summed E-state index contributed by atoms with van der Waals surface area (Å²) in [5.74, 6) is 0.704. The molecule has 1 aromatic rings. The summed E-state index contributed by atoms with van der Waals surface area (Å²) in [6.07, 6.45) is 0.945. The molecule has 2 fully saturated rings. The van der Waals surface area contributed by atoms with Crippen molar-refractivity contribution in [3.63, 3.8) is 0 Å². The molecule has 0 aliphatic carbocycles. The molecule has 3 aliphatic heterocycles. The van der Waals surface area contributed by atoms with Crippen LogP contribution in [0.1, 0.15) is 17.9 Å². The van der Waals surface area contributed by atoms with E-state index in [-0.39, 0.29) is 11.9 Å². The minimum absolute atomic E-state index is 0.0768. The number of amides is 1. The van der Waals surface area contributed by atoms with Crippen molar-refractivity contribution in [1.82, 2.24) is 10.2 Å². The first-order valence-electron chi connectivity index (χ1n) is 6.70. The molecule has 0 radical (unpaired) electrons. The number of hydrogen-bond donors (Lipinski definition) is 2. The molecule has 1 aromatic carbocycles. The number of rotatable bonds is 0. The molecule has 0 spiro atoms. The van der Waals surface area contributed by atoms with Gasteiger partial charge >= 0.3 is 0 Å². The summed E-state index contributed by atoms with van der Waals surface area (Å²) in [6, 6.07) is 9.06. The van der Waals surface area contributed by atoms with Crippen LogP contribution in [0.2, 0.25) is 0 Å². The summed E-state index contributed by atoms with van der Waals surface area (Å²) in [6.45, 7) is 2.76. The Bertz CT molecular complexity index is 502. The molecule has 2 N–H and O–H groups in total. The molecular formula is C14H17N3O. The number of nitrogens with one attached hydrogen (secondary N) is 2. The first-order chi connectivity index (χ1) is 8.83. The molecular weight excluding hydrogens is 226 g/mol. The van der Waals surface area contributed by atoms with Gasteiger partial charge in [-0.2, -0.15) is 0 Å². The predicted molar refractivity (Wildman–Crippen MR) is 69.6 cm³/mol. The number of nitrogens with zero attached hydrogens (tertiary/aromatic N) is 1. The van der Waals surface area contributed by atoms with E-state index in [0.29, 0.717) is 12.0 Å². The van der Waals surface area contributed by atoms with Crippen LogP contribution in [0.5, 0.6) is 0 Å². The van der Waals surface area contributed by atoms with E-state index in [0.717, 1.165) is 26.1 Å². The van der Waals surface area contributed by atoms with Crippen LogP contribution in [-0.2, 0) is 4.79 Å². The second-order valence-electron chi connectivity index (χ2n) is 5.48. The molecule has 18 heavy (non-hydrogen) atoms. The van der Waals surface area contributed by atoms with Crippen LogP contribution in [0.25, 0.3) is 0 Å². The second-order valence-corrected chi connectivity index (χ2v) is 5.48. The first kappa shape index (κ1) is 10.4. The quantitative estimate of drug-likeness (QED) is 0.707. The SMILES string of the molecule is O=C1NCCN2CC3Nc4ccccc4C3CC12. The van der Waals surface area contributed by atoms with Gasteiger partial charge in [-0.05, 0) is 18.1 Å². The third-order valence-corrected chi connectivity index (χ3v) is 4.54. The zero-order valence-corrected chi connectivity index (χ0v) is 10.2. The van der Waals surface area contributed by atoms with Gasteiger partial charge in [0.2, 0.25) is 5.91 Å². The van der Waals surface area contributed by atoms with Crippen LogP contribution < -0.4 is 10.6 Å². The number of piperidine rings is 1. The number of piperazine rings is 1. The number of carbonyl (C=O) groups is 1. The van der Waals surface area contributed by atoms with E-state index in [1.54, 1.807) is 0 Å². The average molecular weight is 243 g/mol. The summed E-state index contributed by atoms with van der Waals surface area (Å²) in [5, 5.41) is 6.59. The summed E-state index contributed by atoms with van der Waals surface area (Å²) in [7, 11) is 0. The minimum Gasteiger partial charge on any atom is -0.380 e. The van der Waals surface area contributed by atoms with Crippen molar-refractivity contribution in [2.75, 3.05) is 25.0 Å². The Hall–Kier alpha value is -1.55. The highest BCUT2D eigenvalue weighted by molar-refractivity contribution is 5.83. The van der Waals surface area contributed by atoms with Gasteiger partial charge in [-0.1, -0.05) is 18.2 Å². The van der Waals surface area contributed by atoms with Gasteiger partial charge in [-0.15, -0.1) is 0 Å². The van der Waals surface area contributed by atoms with Gasteiger partial charge < -0.3 is 10.6 Å². The van der Waals surface area contributed by atoms with E-state index in [1.165, 1.54) is 11.3 Å². The van der Waals surface area contributed by atoms with Crippen molar-refractivity contribution in [1.29, 1.82) is 0 Å². The number of benzene rings is 1. The Morgan fingerprint density at radius 2 is 2.17 bits per heavy atom. The lowest BCUT2D eigenvalue weighted by molar-refractivity contribution is -0.130. The number of fused-ring (bicyclic) bond motifs is 4. The lowest BCUT2D eigenvalue weighted by Gasteiger charge is -2.43. The molecule has 3 unspecified atom stereocenters. The van der Waals surface area contributed by atoms with Crippen molar-refractivity contribution >= 4 is 11.6 Å². The number of hydrogen-bond acceptors (Lipinski definition) is 3. The summed E-state index contributed by atoms with van der Waals surface area (Å²) < 4.78 is 0. The second kappa shape index (κ2) is 3.72. The van der Waals surface area contributed by atoms with Gasteiger partial charge in [0.05, 0.1) is 6.04 Å². The Morgan fingerprint density at radius 3 is 3.11 bits per heavy atom. The third-order valence-electron chi connectivity index (χ3n) is 4.54. The smallest absolute Gasteiger partial charge is 0.237 e. The predicted octanol–water partition coefficient (Wildman–Crippen LogP) is 0.768. The number of carbonyl (C=O) groups excluding carboxylic acids is 1. The normalized spacial score (nSPS) is 34.0. The van der Waals surface area contributed by atoms with Crippen molar-refractivity contribution in [3.8, 4) is 0 Å². The van der Waals surface area contributed by atoms with Crippen molar-refractivity contribution in [2.24, 2.45) is 0 Å². The van der Waals surface area contributed by atoms with Crippen LogP contribution >= 0.6 is 0 Å². The lowest BCUT2D eigenvalue weighted by atomic mass is 9.83. The summed E-state index contributed by atoms with van der Waals surface area (Å²) >= 11 is 0. The maximum absolute atomic E-state index is 12.0. The molecule has 4 nitrogen and oxygen atoms in total. The van der Waals surface area contributed by atoms with Crippen molar-refractivity contribution < 1.29 is 4.79 Å². The van der Waals surface area contributed by atoms with Crippen LogP contribution in [0.4, 0.5) is 5.69 Å². The van der Waals surface area contributed by atoms with E-state index >= 15 is 0 Å². The van der Waals surface area contributed by atoms with Gasteiger partial charge in [0, 0.05) is 37.3 Å². The number of para-hydroxylation sites is 1. The average Bonchev–Trinajstić information content (AvgIpc) is 2.75. The monoisotopic (exact) mass is 243 g/mol. The topological polar surface area (TPSA) is 44.4 Å². The molecule has 0 aromatic heterocycles. The fourth-order valence-electron chi connectivity index (χ4n) is 3.66. The van der Waals surface area contributed by atoms with Crippen LogP contribution in [-0.4, -0.2) is 42.5 Å². The maximum Gasteiger partial charge on any atom is 0.237 e. The number of anilines is 1. The van der Waals surface area contributed by atoms with E-state index < -0.39 is 0 Å². The molecule has 3 aliphatic rings. The maximum atomic E-state index is 12.0. The minimum atomic E-state index is 0.0768. The molecule has 4 heteroatoms.